The molecule has 110 valence electrons. The highest BCUT2D eigenvalue weighted by Gasteiger charge is 2.29. The third kappa shape index (κ3) is 4.42. The van der Waals surface area contributed by atoms with Crippen LogP contribution in [-0.4, -0.2) is 5.11 Å². The predicted octanol–water partition coefficient (Wildman–Crippen LogP) is 4.65. The summed E-state index contributed by atoms with van der Waals surface area (Å²) < 4.78 is 50.2. The Morgan fingerprint density at radius 2 is 1.52 bits per heavy atom. The molecule has 0 aliphatic heterocycles. The molecule has 0 spiro atoms. The van der Waals surface area contributed by atoms with Crippen LogP contribution in [0.1, 0.15) is 5.56 Å². The van der Waals surface area contributed by atoms with Gasteiger partial charge in [0.2, 0.25) is 0 Å². The van der Waals surface area contributed by atoms with E-state index in [0.29, 0.717) is 11.4 Å². The van der Waals surface area contributed by atoms with Gasteiger partial charge in [0.05, 0.1) is 5.56 Å². The van der Waals surface area contributed by atoms with Crippen LogP contribution < -0.4 is 10.6 Å². The molecule has 2 aromatic rings. The molecule has 0 unspecified atom stereocenters. The Morgan fingerprint density at radius 1 is 0.905 bits per heavy atom. The number of hydrogen-bond acceptors (Lipinski definition) is 1. The molecule has 0 heterocycles. The van der Waals surface area contributed by atoms with E-state index in [4.69, 9.17) is 12.2 Å². The van der Waals surface area contributed by atoms with Crippen molar-refractivity contribution >= 4 is 28.7 Å². The molecule has 2 aromatic carbocycles. The molecule has 2 N–H and O–H groups in total. The Kier molecular flexibility index (Phi) is 4.42. The second kappa shape index (κ2) is 6.09. The molecule has 2 nitrogen and oxygen atoms in total. The van der Waals surface area contributed by atoms with Gasteiger partial charge in [-0.2, -0.15) is 13.2 Å². The van der Waals surface area contributed by atoms with E-state index in [1.807, 2.05) is 0 Å². The molecule has 0 amide bonds. The molecule has 0 saturated carbocycles. The number of halogens is 4. The van der Waals surface area contributed by atoms with E-state index in [9.17, 15) is 17.6 Å². The molecule has 21 heavy (non-hydrogen) atoms. The van der Waals surface area contributed by atoms with Crippen LogP contribution in [-0.2, 0) is 6.18 Å². The summed E-state index contributed by atoms with van der Waals surface area (Å²) in [4.78, 5) is 0. The highest BCUT2D eigenvalue weighted by molar-refractivity contribution is 7.80. The molecule has 0 aromatic heterocycles. The fraction of sp³-hybridized carbons (Fsp3) is 0.0714. The molecule has 2 rings (SSSR count). The Labute approximate surface area is 123 Å². The van der Waals surface area contributed by atoms with Gasteiger partial charge < -0.3 is 10.6 Å². The number of thiocarbonyl (C=S) groups is 1. The summed E-state index contributed by atoms with van der Waals surface area (Å²) in [6.45, 7) is 0. The van der Waals surface area contributed by atoms with Crippen LogP contribution in [0.4, 0.5) is 28.9 Å². The number of anilines is 2. The van der Waals surface area contributed by atoms with Gasteiger partial charge in [-0.3, -0.25) is 0 Å². The van der Waals surface area contributed by atoms with Crippen molar-refractivity contribution in [3.05, 3.63) is 59.9 Å². The van der Waals surface area contributed by atoms with Crippen molar-refractivity contribution in [2.75, 3.05) is 10.6 Å². The van der Waals surface area contributed by atoms with Crippen LogP contribution in [0.15, 0.2) is 48.5 Å². The minimum Gasteiger partial charge on any atom is -0.332 e. The van der Waals surface area contributed by atoms with Gasteiger partial charge in [-0.15, -0.1) is 0 Å². The quantitative estimate of drug-likeness (QED) is 0.623. The van der Waals surface area contributed by atoms with E-state index < -0.39 is 17.6 Å². The van der Waals surface area contributed by atoms with Crippen LogP contribution in [0, 0.1) is 5.82 Å². The highest BCUT2D eigenvalue weighted by Crippen LogP contribution is 2.29. The van der Waals surface area contributed by atoms with Gasteiger partial charge in [-0.1, -0.05) is 6.07 Å². The molecule has 0 aliphatic rings. The SMILES string of the molecule is Fc1cccc(NC(=S)Nc2ccc(C(F)(F)F)cc2)c1. The van der Waals surface area contributed by atoms with Crippen LogP contribution in [0.3, 0.4) is 0 Å². The van der Waals surface area contributed by atoms with Gasteiger partial charge in [0.1, 0.15) is 5.82 Å². The number of nitrogens with one attached hydrogen (secondary N) is 2. The smallest absolute Gasteiger partial charge is 0.332 e. The average Bonchev–Trinajstić information content (AvgIpc) is 2.38. The van der Waals surface area contributed by atoms with Crippen molar-refractivity contribution in [1.82, 2.24) is 0 Å². The highest BCUT2D eigenvalue weighted by atomic mass is 32.1. The van der Waals surface area contributed by atoms with Gasteiger partial charge >= 0.3 is 6.18 Å². The van der Waals surface area contributed by atoms with Crippen LogP contribution in [0.2, 0.25) is 0 Å². The third-order valence-electron chi connectivity index (χ3n) is 2.55. The first-order valence-electron chi connectivity index (χ1n) is 5.85. The molecule has 0 saturated heterocycles. The Hall–Kier alpha value is -2.15. The molecule has 0 radical (unpaired) electrons. The summed E-state index contributed by atoms with van der Waals surface area (Å²) in [5.74, 6) is -0.419. The lowest BCUT2D eigenvalue weighted by Crippen LogP contribution is -2.19. The van der Waals surface area contributed by atoms with Crippen molar-refractivity contribution in [3.8, 4) is 0 Å². The lowest BCUT2D eigenvalue weighted by molar-refractivity contribution is -0.137. The minimum absolute atomic E-state index is 0.153. The number of hydrogen-bond donors (Lipinski definition) is 2. The normalized spacial score (nSPS) is 11.0. The predicted molar refractivity (Wildman–Crippen MR) is 77.7 cm³/mol. The first-order chi connectivity index (χ1) is 9.84. The standard InChI is InChI=1S/C14H10F4N2S/c15-10-2-1-3-12(8-10)20-13(21)19-11-6-4-9(5-7-11)14(16,17)18/h1-8H,(H2,19,20,21). The maximum absolute atomic E-state index is 13.0. The van der Waals surface area contributed by atoms with E-state index >= 15 is 0 Å². The van der Waals surface area contributed by atoms with E-state index in [0.717, 1.165) is 12.1 Å². The molecule has 0 bridgehead atoms. The lowest BCUT2D eigenvalue weighted by atomic mass is 10.2. The van der Waals surface area contributed by atoms with Gasteiger partial charge in [0.25, 0.3) is 0 Å². The monoisotopic (exact) mass is 314 g/mol. The maximum Gasteiger partial charge on any atom is 0.416 e. The van der Waals surface area contributed by atoms with Gasteiger partial charge in [0.15, 0.2) is 5.11 Å². The summed E-state index contributed by atoms with van der Waals surface area (Å²) in [6, 6.07) is 10.1. The zero-order chi connectivity index (χ0) is 15.5. The lowest BCUT2D eigenvalue weighted by Gasteiger charge is -2.12. The average molecular weight is 314 g/mol. The summed E-state index contributed by atoms with van der Waals surface area (Å²) in [5.41, 5.74) is 0.105. The summed E-state index contributed by atoms with van der Waals surface area (Å²) in [6.07, 6.45) is -4.38. The minimum atomic E-state index is -4.38. The summed E-state index contributed by atoms with van der Waals surface area (Å²) in [7, 11) is 0. The van der Waals surface area contributed by atoms with Gasteiger partial charge in [0, 0.05) is 11.4 Å². The number of benzene rings is 2. The van der Waals surface area contributed by atoms with Crippen molar-refractivity contribution in [3.63, 3.8) is 0 Å². The number of alkyl halides is 3. The molecule has 7 heteroatoms. The van der Waals surface area contributed by atoms with E-state index in [1.165, 1.54) is 30.3 Å². The van der Waals surface area contributed by atoms with Crippen LogP contribution >= 0.6 is 12.2 Å². The maximum atomic E-state index is 13.0. The molecular formula is C14H10F4N2S. The van der Waals surface area contributed by atoms with E-state index in [-0.39, 0.29) is 5.11 Å². The zero-order valence-electron chi connectivity index (χ0n) is 10.5. The third-order valence-corrected chi connectivity index (χ3v) is 2.76. The van der Waals surface area contributed by atoms with Crippen molar-refractivity contribution in [2.24, 2.45) is 0 Å². The van der Waals surface area contributed by atoms with Crippen LogP contribution in [0.25, 0.3) is 0 Å². The first kappa shape index (κ1) is 15.2. The first-order valence-corrected chi connectivity index (χ1v) is 6.26. The Balaban J connectivity index is 2.00. The summed E-state index contributed by atoms with van der Waals surface area (Å²) >= 11 is 5.00. The van der Waals surface area contributed by atoms with Crippen molar-refractivity contribution in [1.29, 1.82) is 0 Å². The molecular weight excluding hydrogens is 304 g/mol. The Bertz CT molecular complexity index is 638. The van der Waals surface area contributed by atoms with Gasteiger partial charge in [-0.05, 0) is 54.7 Å². The van der Waals surface area contributed by atoms with Crippen molar-refractivity contribution in [2.45, 2.75) is 6.18 Å². The molecule has 0 fully saturated rings. The largest absolute Gasteiger partial charge is 0.416 e. The second-order valence-corrected chi connectivity index (χ2v) is 4.57. The fourth-order valence-corrected chi connectivity index (χ4v) is 1.84. The zero-order valence-corrected chi connectivity index (χ0v) is 11.4. The topological polar surface area (TPSA) is 24.1 Å². The van der Waals surface area contributed by atoms with Gasteiger partial charge in [-0.25, -0.2) is 4.39 Å². The summed E-state index contributed by atoms with van der Waals surface area (Å²) in [5, 5.41) is 5.61. The number of rotatable bonds is 2. The second-order valence-electron chi connectivity index (χ2n) is 4.16. The fourth-order valence-electron chi connectivity index (χ4n) is 1.60. The van der Waals surface area contributed by atoms with Crippen molar-refractivity contribution < 1.29 is 17.6 Å². The van der Waals surface area contributed by atoms with Crippen LogP contribution in [0.5, 0.6) is 0 Å². The Morgan fingerprint density at radius 3 is 2.10 bits per heavy atom. The molecule has 0 atom stereocenters. The van der Waals surface area contributed by atoms with E-state index in [2.05, 4.69) is 10.6 Å². The van der Waals surface area contributed by atoms with E-state index in [1.54, 1.807) is 6.07 Å². The molecule has 0 aliphatic carbocycles.